The molecule has 0 aliphatic carbocycles. The van der Waals surface area contributed by atoms with Gasteiger partial charge in [0.15, 0.2) is 0 Å². The predicted molar refractivity (Wildman–Crippen MR) is 166 cm³/mol. The fourth-order valence-corrected chi connectivity index (χ4v) is 5.48. The summed E-state index contributed by atoms with van der Waals surface area (Å²) in [7, 11) is 0. The highest BCUT2D eigenvalue weighted by atomic mass is 19.1. The average molecular weight is 579 g/mol. The van der Waals surface area contributed by atoms with Crippen LogP contribution in [0.25, 0.3) is 5.76 Å². The zero-order valence-electron chi connectivity index (χ0n) is 24.6. The van der Waals surface area contributed by atoms with Crippen LogP contribution in [0.15, 0.2) is 103 Å². The van der Waals surface area contributed by atoms with Crippen molar-refractivity contribution < 1.29 is 23.8 Å². The first kappa shape index (κ1) is 29.6. The van der Waals surface area contributed by atoms with Crippen molar-refractivity contribution in [2.45, 2.75) is 40.0 Å². The Labute approximate surface area is 251 Å². The normalized spacial score (nSPS) is 16.0. The van der Waals surface area contributed by atoms with Crippen LogP contribution in [0.5, 0.6) is 5.75 Å². The molecule has 0 aromatic heterocycles. The number of anilines is 1. The lowest BCUT2D eigenvalue weighted by Crippen LogP contribution is -2.29. The van der Waals surface area contributed by atoms with E-state index in [0.717, 1.165) is 29.9 Å². The Bertz CT molecular complexity index is 1630. The molecule has 5 rings (SSSR count). The van der Waals surface area contributed by atoms with Gasteiger partial charge in [0, 0.05) is 30.9 Å². The van der Waals surface area contributed by atoms with Crippen LogP contribution in [0.4, 0.5) is 10.1 Å². The lowest BCUT2D eigenvalue weighted by molar-refractivity contribution is -0.140. The fourth-order valence-electron chi connectivity index (χ4n) is 5.48. The number of aliphatic hydroxyl groups is 1. The number of aliphatic hydroxyl groups excluding tert-OH is 1. The molecule has 1 aliphatic heterocycles. The molecule has 0 saturated carbocycles. The molecular formula is C36H35FN2O4. The summed E-state index contributed by atoms with van der Waals surface area (Å²) in [6.45, 7) is 8.17. The highest BCUT2D eigenvalue weighted by Gasteiger charge is 2.46. The predicted octanol–water partition coefficient (Wildman–Crippen LogP) is 7.18. The second kappa shape index (κ2) is 12.9. The zero-order chi connectivity index (χ0) is 30.5. The van der Waals surface area contributed by atoms with Crippen LogP contribution in [0, 0.1) is 12.7 Å². The average Bonchev–Trinajstić information content (AvgIpc) is 3.27. The van der Waals surface area contributed by atoms with Gasteiger partial charge in [-0.1, -0.05) is 54.6 Å². The van der Waals surface area contributed by atoms with E-state index in [1.165, 1.54) is 17.0 Å². The minimum absolute atomic E-state index is 0.0139. The first-order valence-electron chi connectivity index (χ1n) is 14.5. The molecule has 0 bridgehead atoms. The van der Waals surface area contributed by atoms with Gasteiger partial charge in [-0.15, -0.1) is 0 Å². The maximum absolute atomic E-state index is 13.6. The number of hydrogen-bond acceptors (Lipinski definition) is 5. The molecule has 1 N–H and O–H groups in total. The van der Waals surface area contributed by atoms with E-state index in [2.05, 4.69) is 18.7 Å². The van der Waals surface area contributed by atoms with Crippen molar-refractivity contribution in [2.24, 2.45) is 0 Å². The highest BCUT2D eigenvalue weighted by Crippen LogP contribution is 2.41. The first-order chi connectivity index (χ1) is 20.8. The second-order valence-electron chi connectivity index (χ2n) is 10.6. The van der Waals surface area contributed by atoms with Gasteiger partial charge >= 0.3 is 0 Å². The summed E-state index contributed by atoms with van der Waals surface area (Å²) in [5, 5.41) is 11.6. The number of ketones is 1. The number of aryl methyl sites for hydroxylation is 1. The van der Waals surface area contributed by atoms with Gasteiger partial charge in [0.05, 0.1) is 11.6 Å². The number of nitrogens with zero attached hydrogens (tertiary/aromatic N) is 2. The van der Waals surface area contributed by atoms with E-state index in [-0.39, 0.29) is 23.7 Å². The van der Waals surface area contributed by atoms with E-state index in [1.807, 2.05) is 61.5 Å². The lowest BCUT2D eigenvalue weighted by Gasteiger charge is -2.27. The van der Waals surface area contributed by atoms with Crippen LogP contribution in [0.1, 0.15) is 47.7 Å². The lowest BCUT2D eigenvalue weighted by atomic mass is 9.94. The summed E-state index contributed by atoms with van der Waals surface area (Å²) in [4.78, 5) is 30.6. The monoisotopic (exact) mass is 578 g/mol. The largest absolute Gasteiger partial charge is 0.507 e. The third-order valence-electron chi connectivity index (χ3n) is 7.83. The molecular weight excluding hydrogens is 543 g/mol. The van der Waals surface area contributed by atoms with Crippen molar-refractivity contribution in [3.8, 4) is 5.75 Å². The standard InChI is InChI=1S/C36H35FN2O4/c1-4-38(5-2)30-18-13-27(14-19-30)33-32(35(41)36(42)39(33)22-25-11-16-29(37)17-12-25)34(40)28-15-20-31(24(3)21-28)43-23-26-9-7-6-8-10-26/h6-21,33,40H,4-5,22-23H2,1-3H3/b34-32-. The van der Waals surface area contributed by atoms with Gasteiger partial charge in [0.1, 0.15) is 23.9 Å². The van der Waals surface area contributed by atoms with Gasteiger partial charge in [-0.3, -0.25) is 9.59 Å². The van der Waals surface area contributed by atoms with Crippen molar-refractivity contribution in [2.75, 3.05) is 18.0 Å². The Hall–Kier alpha value is -4.91. The van der Waals surface area contributed by atoms with Crippen molar-refractivity contribution in [3.05, 3.63) is 136 Å². The number of halogens is 1. The van der Waals surface area contributed by atoms with E-state index in [4.69, 9.17) is 4.74 Å². The zero-order valence-corrected chi connectivity index (χ0v) is 24.6. The number of hydrogen-bond donors (Lipinski definition) is 1. The molecule has 6 nitrogen and oxygen atoms in total. The molecule has 1 aliphatic rings. The quantitative estimate of drug-likeness (QED) is 0.123. The Morgan fingerprint density at radius 2 is 1.56 bits per heavy atom. The Balaban J connectivity index is 1.52. The number of amides is 1. The maximum Gasteiger partial charge on any atom is 0.295 e. The van der Waals surface area contributed by atoms with Gasteiger partial charge in [0.25, 0.3) is 11.7 Å². The second-order valence-corrected chi connectivity index (χ2v) is 10.6. The van der Waals surface area contributed by atoms with Crippen LogP contribution in [-0.4, -0.2) is 34.8 Å². The van der Waals surface area contributed by atoms with E-state index >= 15 is 0 Å². The minimum atomic E-state index is -0.829. The van der Waals surface area contributed by atoms with Crippen molar-refractivity contribution in [1.29, 1.82) is 0 Å². The van der Waals surface area contributed by atoms with E-state index in [9.17, 15) is 19.1 Å². The summed E-state index contributed by atoms with van der Waals surface area (Å²) in [6.07, 6.45) is 0. The van der Waals surface area contributed by atoms with Gasteiger partial charge < -0.3 is 19.6 Å². The molecule has 1 atom stereocenters. The molecule has 0 spiro atoms. The molecule has 1 saturated heterocycles. The molecule has 1 heterocycles. The summed E-state index contributed by atoms with van der Waals surface area (Å²) >= 11 is 0. The van der Waals surface area contributed by atoms with Crippen LogP contribution >= 0.6 is 0 Å². The number of likely N-dealkylation sites (tertiary alicyclic amines) is 1. The molecule has 4 aromatic rings. The van der Waals surface area contributed by atoms with Crippen LogP contribution in [-0.2, 0) is 22.7 Å². The Morgan fingerprint density at radius 1 is 0.884 bits per heavy atom. The topological polar surface area (TPSA) is 70.1 Å². The van der Waals surface area contributed by atoms with Crippen molar-refractivity contribution >= 4 is 23.1 Å². The number of Topliss-reactive ketones (excluding diaryl/α,β-unsaturated/α-hetero) is 1. The highest BCUT2D eigenvalue weighted by molar-refractivity contribution is 6.46. The molecule has 220 valence electrons. The van der Waals surface area contributed by atoms with Crippen LogP contribution in [0.3, 0.4) is 0 Å². The molecule has 7 heteroatoms. The number of carbonyl (C=O) groups is 2. The fraction of sp³-hybridized carbons (Fsp3) is 0.222. The van der Waals surface area contributed by atoms with Gasteiger partial charge in [-0.25, -0.2) is 4.39 Å². The summed E-state index contributed by atoms with van der Waals surface area (Å²) < 4.78 is 19.6. The van der Waals surface area contributed by atoms with Crippen molar-refractivity contribution in [1.82, 2.24) is 4.90 Å². The number of rotatable bonds is 10. The molecule has 1 fully saturated rings. The smallest absolute Gasteiger partial charge is 0.295 e. The Kier molecular flexibility index (Phi) is 8.90. The third kappa shape index (κ3) is 6.31. The summed E-state index contributed by atoms with van der Waals surface area (Å²) in [5.41, 5.74) is 4.62. The van der Waals surface area contributed by atoms with E-state index in [0.29, 0.717) is 29.0 Å². The maximum atomic E-state index is 13.6. The molecule has 4 aromatic carbocycles. The molecule has 0 radical (unpaired) electrons. The SMILES string of the molecule is CCN(CC)c1ccc(C2/C(=C(/O)c3ccc(OCc4ccccc4)c(C)c3)C(=O)C(=O)N2Cc2ccc(F)cc2)cc1. The third-order valence-corrected chi connectivity index (χ3v) is 7.83. The van der Waals surface area contributed by atoms with E-state index in [1.54, 1.807) is 30.3 Å². The van der Waals surface area contributed by atoms with Crippen LogP contribution < -0.4 is 9.64 Å². The summed E-state index contributed by atoms with van der Waals surface area (Å²) in [6, 6.07) is 27.7. The minimum Gasteiger partial charge on any atom is -0.507 e. The van der Waals surface area contributed by atoms with Crippen molar-refractivity contribution in [3.63, 3.8) is 0 Å². The molecule has 1 amide bonds. The van der Waals surface area contributed by atoms with Gasteiger partial charge in [0.2, 0.25) is 0 Å². The number of ether oxygens (including phenoxy) is 1. The van der Waals surface area contributed by atoms with Gasteiger partial charge in [-0.05, 0) is 85.5 Å². The van der Waals surface area contributed by atoms with E-state index < -0.39 is 17.7 Å². The summed E-state index contributed by atoms with van der Waals surface area (Å²) in [5.74, 6) is -1.47. The van der Waals surface area contributed by atoms with Crippen LogP contribution in [0.2, 0.25) is 0 Å². The molecule has 43 heavy (non-hydrogen) atoms. The number of benzene rings is 4. The Morgan fingerprint density at radius 3 is 2.19 bits per heavy atom. The number of carbonyl (C=O) groups excluding carboxylic acids is 2. The molecule has 1 unspecified atom stereocenters. The first-order valence-corrected chi connectivity index (χ1v) is 14.5. The van der Waals surface area contributed by atoms with Gasteiger partial charge in [-0.2, -0.15) is 0 Å².